The molecule has 92 valence electrons. The van der Waals surface area contributed by atoms with Crippen molar-refractivity contribution in [2.45, 2.75) is 11.6 Å². The normalized spacial score (nSPS) is 28.9. The number of carbonyl (C=O) groups excluding carboxylic acids is 1. The van der Waals surface area contributed by atoms with Gasteiger partial charge < -0.3 is 9.53 Å². The van der Waals surface area contributed by atoms with E-state index in [2.05, 4.69) is 21.2 Å². The van der Waals surface area contributed by atoms with E-state index in [0.717, 1.165) is 16.3 Å². The molecule has 1 aromatic rings. The van der Waals surface area contributed by atoms with Gasteiger partial charge in [-0.15, -0.1) is 0 Å². The minimum Gasteiger partial charge on any atom is -0.377 e. The summed E-state index contributed by atoms with van der Waals surface area (Å²) in [4.78, 5) is 10.8. The molecule has 1 heterocycles. The third-order valence-electron chi connectivity index (χ3n) is 2.88. The quantitative estimate of drug-likeness (QED) is 0.865. The predicted molar refractivity (Wildman–Crippen MR) is 65.6 cm³/mol. The van der Waals surface area contributed by atoms with E-state index in [1.165, 1.54) is 0 Å². The van der Waals surface area contributed by atoms with Crippen LogP contribution in [-0.4, -0.2) is 32.2 Å². The molecular formula is C12H13BrFNO2. The standard InChI is InChI=1S/C12H13BrFNO2/c13-10-3-1-2-9(4-10)12(7-14)8-17-6-11(5-16)15-12/h1-5,11,15H,6-8H2. The molecular weight excluding hydrogens is 289 g/mol. The van der Waals surface area contributed by atoms with Gasteiger partial charge in [0.1, 0.15) is 13.0 Å². The average molecular weight is 302 g/mol. The Balaban J connectivity index is 2.33. The molecule has 1 aliphatic heterocycles. The number of morpholine rings is 1. The van der Waals surface area contributed by atoms with Crippen LogP contribution in [-0.2, 0) is 15.1 Å². The monoisotopic (exact) mass is 301 g/mol. The van der Waals surface area contributed by atoms with E-state index in [4.69, 9.17) is 4.74 Å². The fourth-order valence-corrected chi connectivity index (χ4v) is 2.38. The van der Waals surface area contributed by atoms with Crippen molar-refractivity contribution in [2.75, 3.05) is 19.9 Å². The van der Waals surface area contributed by atoms with Crippen LogP contribution in [0, 0.1) is 0 Å². The smallest absolute Gasteiger partial charge is 0.139 e. The SMILES string of the molecule is O=CC1COCC(CF)(c2cccc(Br)c2)N1. The van der Waals surface area contributed by atoms with Gasteiger partial charge in [-0.1, -0.05) is 28.1 Å². The molecule has 2 rings (SSSR count). The highest BCUT2D eigenvalue weighted by molar-refractivity contribution is 9.10. The van der Waals surface area contributed by atoms with Crippen molar-refractivity contribution < 1.29 is 13.9 Å². The lowest BCUT2D eigenvalue weighted by atomic mass is 9.90. The maximum Gasteiger partial charge on any atom is 0.139 e. The first-order valence-electron chi connectivity index (χ1n) is 5.33. The summed E-state index contributed by atoms with van der Waals surface area (Å²) in [5, 5.41) is 3.02. The van der Waals surface area contributed by atoms with Gasteiger partial charge in [0.15, 0.2) is 0 Å². The largest absolute Gasteiger partial charge is 0.377 e. The number of halogens is 2. The third-order valence-corrected chi connectivity index (χ3v) is 3.37. The summed E-state index contributed by atoms with van der Waals surface area (Å²) < 4.78 is 19.6. The van der Waals surface area contributed by atoms with Gasteiger partial charge in [0.05, 0.1) is 24.8 Å². The second-order valence-electron chi connectivity index (χ2n) is 4.13. The Hall–Kier alpha value is -0.780. The van der Waals surface area contributed by atoms with Crippen molar-refractivity contribution in [1.82, 2.24) is 5.32 Å². The summed E-state index contributed by atoms with van der Waals surface area (Å²) in [7, 11) is 0. The van der Waals surface area contributed by atoms with Gasteiger partial charge >= 0.3 is 0 Å². The van der Waals surface area contributed by atoms with Crippen molar-refractivity contribution in [1.29, 1.82) is 0 Å². The molecule has 0 aliphatic carbocycles. The molecule has 0 saturated carbocycles. The van der Waals surface area contributed by atoms with Crippen LogP contribution in [0.15, 0.2) is 28.7 Å². The van der Waals surface area contributed by atoms with Crippen molar-refractivity contribution in [3.05, 3.63) is 34.3 Å². The van der Waals surface area contributed by atoms with E-state index < -0.39 is 18.3 Å². The summed E-state index contributed by atoms with van der Waals surface area (Å²) in [6.07, 6.45) is 0.752. The molecule has 0 radical (unpaired) electrons. The van der Waals surface area contributed by atoms with Gasteiger partial charge in [0.2, 0.25) is 0 Å². The van der Waals surface area contributed by atoms with Gasteiger partial charge in [-0.25, -0.2) is 4.39 Å². The summed E-state index contributed by atoms with van der Waals surface area (Å²) >= 11 is 3.35. The number of ether oxygens (including phenoxy) is 1. The number of hydrogen-bond donors (Lipinski definition) is 1. The number of alkyl halides is 1. The highest BCUT2D eigenvalue weighted by Crippen LogP contribution is 2.28. The van der Waals surface area contributed by atoms with Crippen molar-refractivity contribution >= 4 is 22.2 Å². The van der Waals surface area contributed by atoms with Gasteiger partial charge in [0, 0.05) is 4.47 Å². The van der Waals surface area contributed by atoms with Crippen LogP contribution >= 0.6 is 15.9 Å². The first kappa shape index (κ1) is 12.7. The zero-order valence-corrected chi connectivity index (χ0v) is 10.7. The Labute approximate surface area is 107 Å². The molecule has 0 aromatic heterocycles. The van der Waals surface area contributed by atoms with Crippen LogP contribution in [0.3, 0.4) is 0 Å². The molecule has 0 bridgehead atoms. The summed E-state index contributed by atoms with van der Waals surface area (Å²) in [5.41, 5.74) is -0.144. The molecule has 2 unspecified atom stereocenters. The van der Waals surface area contributed by atoms with Crippen LogP contribution in [0.4, 0.5) is 4.39 Å². The molecule has 1 fully saturated rings. The van der Waals surface area contributed by atoms with Crippen molar-refractivity contribution in [2.24, 2.45) is 0 Å². The van der Waals surface area contributed by atoms with Crippen molar-refractivity contribution in [3.8, 4) is 0 Å². The summed E-state index contributed by atoms with van der Waals surface area (Å²) in [6, 6.07) is 6.91. The zero-order chi connectivity index (χ0) is 12.3. The second-order valence-corrected chi connectivity index (χ2v) is 5.04. The van der Waals surface area contributed by atoms with Gasteiger partial charge in [-0.3, -0.25) is 5.32 Å². The Bertz CT molecular complexity index is 415. The molecule has 1 N–H and O–H groups in total. The molecule has 5 heteroatoms. The molecule has 17 heavy (non-hydrogen) atoms. The van der Waals surface area contributed by atoms with Gasteiger partial charge in [-0.2, -0.15) is 0 Å². The van der Waals surface area contributed by atoms with Gasteiger partial charge in [-0.05, 0) is 17.7 Å². The lowest BCUT2D eigenvalue weighted by molar-refractivity contribution is -0.115. The number of nitrogens with one attached hydrogen (secondary N) is 1. The highest BCUT2D eigenvalue weighted by atomic mass is 79.9. The van der Waals surface area contributed by atoms with E-state index in [0.29, 0.717) is 6.61 Å². The Morgan fingerprint density at radius 3 is 3.12 bits per heavy atom. The van der Waals surface area contributed by atoms with Crippen LogP contribution in [0.1, 0.15) is 5.56 Å². The lowest BCUT2D eigenvalue weighted by Gasteiger charge is -2.39. The molecule has 0 spiro atoms. The van der Waals surface area contributed by atoms with Crippen LogP contribution in [0.25, 0.3) is 0 Å². The zero-order valence-electron chi connectivity index (χ0n) is 9.16. The first-order valence-corrected chi connectivity index (χ1v) is 6.12. The molecule has 1 saturated heterocycles. The van der Waals surface area contributed by atoms with Crippen molar-refractivity contribution in [3.63, 3.8) is 0 Å². The van der Waals surface area contributed by atoms with Gasteiger partial charge in [0.25, 0.3) is 0 Å². The van der Waals surface area contributed by atoms with E-state index in [-0.39, 0.29) is 6.61 Å². The molecule has 2 atom stereocenters. The van der Waals surface area contributed by atoms with E-state index >= 15 is 0 Å². The predicted octanol–water partition coefficient (Wildman–Crippen LogP) is 1.80. The van der Waals surface area contributed by atoms with E-state index in [1.807, 2.05) is 24.3 Å². The van der Waals surface area contributed by atoms with Crippen LogP contribution in [0.5, 0.6) is 0 Å². The number of hydrogen-bond acceptors (Lipinski definition) is 3. The number of benzene rings is 1. The van der Waals surface area contributed by atoms with E-state index in [1.54, 1.807) is 0 Å². The minimum absolute atomic E-state index is 0.226. The minimum atomic E-state index is -0.923. The maximum atomic E-state index is 13.4. The fourth-order valence-electron chi connectivity index (χ4n) is 1.98. The number of rotatable bonds is 3. The van der Waals surface area contributed by atoms with Crippen LogP contribution < -0.4 is 5.32 Å². The highest BCUT2D eigenvalue weighted by Gasteiger charge is 2.38. The molecule has 3 nitrogen and oxygen atoms in total. The Morgan fingerprint density at radius 2 is 2.47 bits per heavy atom. The molecule has 0 amide bonds. The van der Waals surface area contributed by atoms with Crippen LogP contribution in [0.2, 0.25) is 0 Å². The average Bonchev–Trinajstić information content (AvgIpc) is 2.38. The second kappa shape index (κ2) is 5.25. The Kier molecular flexibility index (Phi) is 3.91. The number of aldehydes is 1. The lowest BCUT2D eigenvalue weighted by Crippen LogP contribution is -2.58. The third kappa shape index (κ3) is 2.56. The summed E-state index contributed by atoms with van der Waals surface area (Å²) in [5.74, 6) is 0. The Morgan fingerprint density at radius 1 is 1.65 bits per heavy atom. The molecule has 1 aliphatic rings. The van der Waals surface area contributed by atoms with E-state index in [9.17, 15) is 9.18 Å². The number of carbonyl (C=O) groups is 1. The topological polar surface area (TPSA) is 38.3 Å². The molecule has 1 aromatic carbocycles. The summed E-state index contributed by atoms with van der Waals surface area (Å²) in [6.45, 7) is -0.0999. The maximum absolute atomic E-state index is 13.4. The first-order chi connectivity index (χ1) is 8.20. The fraction of sp³-hybridized carbons (Fsp3) is 0.417.